The lowest BCUT2D eigenvalue weighted by Gasteiger charge is -2.05. The van der Waals surface area contributed by atoms with E-state index < -0.39 is 0 Å². The smallest absolute Gasteiger partial charge is 0.174 e. The highest BCUT2D eigenvalue weighted by molar-refractivity contribution is 5.83. The third-order valence-corrected chi connectivity index (χ3v) is 2.66. The number of rotatable bonds is 2. The summed E-state index contributed by atoms with van der Waals surface area (Å²) >= 11 is 0. The number of fused-ring (bicyclic) bond motifs is 1. The van der Waals surface area contributed by atoms with E-state index in [1.807, 2.05) is 37.6 Å². The highest BCUT2D eigenvalue weighted by atomic mass is 19.1. The van der Waals surface area contributed by atoms with Gasteiger partial charge in [0.05, 0.1) is 12.1 Å². The Morgan fingerprint density at radius 3 is 2.80 bits per heavy atom. The van der Waals surface area contributed by atoms with Crippen molar-refractivity contribution in [2.45, 2.75) is 13.8 Å². The molecule has 15 heavy (non-hydrogen) atoms. The normalized spacial score (nSPS) is 10.9. The van der Waals surface area contributed by atoms with Crippen LogP contribution < -0.4 is 4.74 Å². The van der Waals surface area contributed by atoms with Gasteiger partial charge in [-0.05, 0) is 32.0 Å². The number of halogens is 1. The molecule has 2 aromatic rings. The Balaban J connectivity index is 2.68. The Morgan fingerprint density at radius 2 is 2.13 bits per heavy atom. The molecule has 0 aliphatic heterocycles. The van der Waals surface area contributed by atoms with Gasteiger partial charge in [-0.2, -0.15) is 0 Å². The summed E-state index contributed by atoms with van der Waals surface area (Å²) in [7, 11) is 1.93. The van der Waals surface area contributed by atoms with Crippen LogP contribution in [0.15, 0.2) is 18.2 Å². The summed E-state index contributed by atoms with van der Waals surface area (Å²) in [5, 5.41) is 0.626. The molecule has 0 aliphatic rings. The van der Waals surface area contributed by atoms with E-state index in [2.05, 4.69) is 0 Å². The van der Waals surface area contributed by atoms with Crippen LogP contribution in [0, 0.1) is 12.7 Å². The summed E-state index contributed by atoms with van der Waals surface area (Å²) in [6, 6.07) is 5.41. The third-order valence-electron chi connectivity index (χ3n) is 2.66. The van der Waals surface area contributed by atoms with Crippen molar-refractivity contribution >= 4 is 10.9 Å². The van der Waals surface area contributed by atoms with E-state index in [0.29, 0.717) is 17.7 Å². The fraction of sp³-hybridized carbons (Fsp3) is 0.333. The maximum absolute atomic E-state index is 13.9. The standard InChI is InChI=1S/C12H14FNO/c1-4-15-11-6-5-10-9(12(11)13)7-8(2)14(10)3/h5-7H,4H2,1-3H3. The molecule has 0 N–H and O–H groups in total. The zero-order valence-electron chi connectivity index (χ0n) is 9.17. The van der Waals surface area contributed by atoms with Crippen LogP contribution in [0.5, 0.6) is 5.75 Å². The molecule has 80 valence electrons. The molecule has 1 aromatic carbocycles. The second-order valence-corrected chi connectivity index (χ2v) is 3.59. The van der Waals surface area contributed by atoms with Crippen molar-refractivity contribution in [1.29, 1.82) is 0 Å². The number of nitrogens with zero attached hydrogens (tertiary/aromatic N) is 1. The number of benzene rings is 1. The molecule has 0 atom stereocenters. The van der Waals surface area contributed by atoms with Gasteiger partial charge in [-0.1, -0.05) is 0 Å². The van der Waals surface area contributed by atoms with Crippen LogP contribution in [-0.2, 0) is 7.05 Å². The summed E-state index contributed by atoms with van der Waals surface area (Å²) in [5.41, 5.74) is 1.94. The van der Waals surface area contributed by atoms with Crippen molar-refractivity contribution in [2.75, 3.05) is 6.61 Å². The Bertz CT molecular complexity index is 502. The topological polar surface area (TPSA) is 14.2 Å². The van der Waals surface area contributed by atoms with E-state index in [4.69, 9.17) is 4.74 Å². The average Bonchev–Trinajstić information content (AvgIpc) is 2.50. The number of hydrogen-bond acceptors (Lipinski definition) is 1. The number of aryl methyl sites for hydroxylation is 2. The van der Waals surface area contributed by atoms with Crippen molar-refractivity contribution in [3.63, 3.8) is 0 Å². The monoisotopic (exact) mass is 207 g/mol. The second-order valence-electron chi connectivity index (χ2n) is 3.59. The van der Waals surface area contributed by atoms with Crippen LogP contribution in [0.4, 0.5) is 4.39 Å². The van der Waals surface area contributed by atoms with Crippen LogP contribution in [0.25, 0.3) is 10.9 Å². The van der Waals surface area contributed by atoms with Crippen molar-refractivity contribution in [2.24, 2.45) is 7.05 Å². The fourth-order valence-corrected chi connectivity index (χ4v) is 1.76. The van der Waals surface area contributed by atoms with Gasteiger partial charge in [0, 0.05) is 18.1 Å². The molecule has 0 bridgehead atoms. The van der Waals surface area contributed by atoms with Gasteiger partial charge in [-0.25, -0.2) is 4.39 Å². The van der Waals surface area contributed by atoms with E-state index in [0.717, 1.165) is 11.2 Å². The van der Waals surface area contributed by atoms with Crippen LogP contribution in [0.3, 0.4) is 0 Å². The lowest BCUT2D eigenvalue weighted by Crippen LogP contribution is -1.95. The molecule has 0 aliphatic carbocycles. The second kappa shape index (κ2) is 3.57. The van der Waals surface area contributed by atoms with Gasteiger partial charge in [0.15, 0.2) is 11.6 Å². The Hall–Kier alpha value is -1.51. The number of hydrogen-bond donors (Lipinski definition) is 0. The Labute approximate surface area is 88.3 Å². The average molecular weight is 207 g/mol. The van der Waals surface area contributed by atoms with Gasteiger partial charge in [0.1, 0.15) is 0 Å². The SMILES string of the molecule is CCOc1ccc2c(cc(C)n2C)c1F. The van der Waals surface area contributed by atoms with Gasteiger partial charge < -0.3 is 9.30 Å². The minimum Gasteiger partial charge on any atom is -0.491 e. The first-order valence-corrected chi connectivity index (χ1v) is 5.02. The van der Waals surface area contributed by atoms with E-state index in [1.165, 1.54) is 0 Å². The Kier molecular flexibility index (Phi) is 2.39. The predicted molar refractivity (Wildman–Crippen MR) is 58.8 cm³/mol. The lowest BCUT2D eigenvalue weighted by atomic mass is 10.2. The summed E-state index contributed by atoms with van der Waals surface area (Å²) in [5.74, 6) is 0.0636. The summed E-state index contributed by atoms with van der Waals surface area (Å²) in [6.45, 7) is 4.29. The van der Waals surface area contributed by atoms with Gasteiger partial charge in [-0.3, -0.25) is 0 Å². The summed E-state index contributed by atoms with van der Waals surface area (Å²) in [4.78, 5) is 0. The first kappa shape index (κ1) is 10.0. The lowest BCUT2D eigenvalue weighted by molar-refractivity contribution is 0.323. The molecule has 1 heterocycles. The van der Waals surface area contributed by atoms with Crippen molar-refractivity contribution in [1.82, 2.24) is 4.57 Å². The van der Waals surface area contributed by atoms with E-state index in [-0.39, 0.29) is 5.82 Å². The van der Waals surface area contributed by atoms with Crippen molar-refractivity contribution in [3.05, 3.63) is 29.7 Å². The molecular weight excluding hydrogens is 193 g/mol. The number of aromatic nitrogens is 1. The molecule has 0 radical (unpaired) electrons. The maximum atomic E-state index is 13.9. The largest absolute Gasteiger partial charge is 0.491 e. The van der Waals surface area contributed by atoms with Crippen LogP contribution in [0.1, 0.15) is 12.6 Å². The quantitative estimate of drug-likeness (QED) is 0.738. The maximum Gasteiger partial charge on any atom is 0.174 e. The van der Waals surface area contributed by atoms with Gasteiger partial charge in [0.2, 0.25) is 0 Å². The predicted octanol–water partition coefficient (Wildman–Crippen LogP) is 3.02. The van der Waals surface area contributed by atoms with E-state index in [9.17, 15) is 4.39 Å². The molecule has 0 saturated carbocycles. The molecule has 3 heteroatoms. The molecule has 2 nitrogen and oxygen atoms in total. The zero-order valence-corrected chi connectivity index (χ0v) is 9.17. The third kappa shape index (κ3) is 1.48. The minimum atomic E-state index is -0.266. The van der Waals surface area contributed by atoms with Crippen LogP contribution in [0.2, 0.25) is 0 Å². The van der Waals surface area contributed by atoms with Crippen LogP contribution >= 0.6 is 0 Å². The molecule has 0 spiro atoms. The van der Waals surface area contributed by atoms with Gasteiger partial charge in [-0.15, -0.1) is 0 Å². The van der Waals surface area contributed by atoms with E-state index in [1.54, 1.807) is 6.07 Å². The first-order chi connectivity index (χ1) is 7.15. The molecular formula is C12H14FNO. The molecule has 0 amide bonds. The summed E-state index contributed by atoms with van der Waals surface area (Å²) < 4.78 is 21.1. The zero-order chi connectivity index (χ0) is 11.0. The highest BCUT2D eigenvalue weighted by Crippen LogP contribution is 2.28. The molecule has 0 fully saturated rings. The molecule has 0 unspecified atom stereocenters. The molecule has 0 saturated heterocycles. The number of ether oxygens (including phenoxy) is 1. The fourth-order valence-electron chi connectivity index (χ4n) is 1.76. The molecule has 1 aromatic heterocycles. The van der Waals surface area contributed by atoms with Crippen LogP contribution in [-0.4, -0.2) is 11.2 Å². The van der Waals surface area contributed by atoms with E-state index >= 15 is 0 Å². The highest BCUT2D eigenvalue weighted by Gasteiger charge is 2.11. The summed E-state index contributed by atoms with van der Waals surface area (Å²) in [6.07, 6.45) is 0. The van der Waals surface area contributed by atoms with Crippen molar-refractivity contribution in [3.8, 4) is 5.75 Å². The Morgan fingerprint density at radius 1 is 1.40 bits per heavy atom. The first-order valence-electron chi connectivity index (χ1n) is 5.02. The van der Waals surface area contributed by atoms with Gasteiger partial charge in [0.25, 0.3) is 0 Å². The minimum absolute atomic E-state index is 0.266. The molecule has 2 rings (SSSR count). The van der Waals surface area contributed by atoms with Crippen molar-refractivity contribution < 1.29 is 9.13 Å². The van der Waals surface area contributed by atoms with Gasteiger partial charge >= 0.3 is 0 Å².